The monoisotopic (exact) mass is 479 g/mol. The van der Waals surface area contributed by atoms with Crippen molar-refractivity contribution in [1.82, 2.24) is 4.98 Å². The minimum absolute atomic E-state index is 0.191. The van der Waals surface area contributed by atoms with Crippen LogP contribution < -0.4 is 4.74 Å². The number of aryl methyl sites for hydroxylation is 2. The summed E-state index contributed by atoms with van der Waals surface area (Å²) in [6, 6.07) is 10.1. The van der Waals surface area contributed by atoms with Crippen molar-refractivity contribution < 1.29 is 32.5 Å². The van der Waals surface area contributed by atoms with Crippen molar-refractivity contribution in [1.29, 1.82) is 0 Å². The van der Waals surface area contributed by atoms with Crippen molar-refractivity contribution in [3.8, 4) is 16.3 Å². The van der Waals surface area contributed by atoms with E-state index in [2.05, 4.69) is 4.98 Å². The van der Waals surface area contributed by atoms with E-state index in [1.807, 2.05) is 13.8 Å². The Morgan fingerprint density at radius 3 is 2.45 bits per heavy atom. The predicted molar refractivity (Wildman–Crippen MR) is 119 cm³/mol. The average Bonchev–Trinajstić information content (AvgIpc) is 3.12. The molecule has 0 fully saturated rings. The lowest BCUT2D eigenvalue weighted by Crippen LogP contribution is -2.15. The highest BCUT2D eigenvalue weighted by Gasteiger charge is 2.30. The van der Waals surface area contributed by atoms with Gasteiger partial charge in [0.1, 0.15) is 10.8 Å². The lowest BCUT2D eigenvalue weighted by atomic mass is 10.0. The number of alkyl halides is 3. The van der Waals surface area contributed by atoms with Crippen LogP contribution in [0.2, 0.25) is 0 Å². The Morgan fingerprint density at radius 1 is 1.15 bits per heavy atom. The standard InChI is InChI=1S/C24H24F3NO4S/c1-4-31-22(30)13-32-20-10-7-17(11-14(20)2)19(29)12-21-15(3)28-23(33-21)16-5-8-18(9-6-16)24(25,26)27/h5-11,19,29H,4,12-13H2,1-3H3. The van der Waals surface area contributed by atoms with E-state index in [9.17, 15) is 23.1 Å². The van der Waals surface area contributed by atoms with Crippen LogP contribution in [0.15, 0.2) is 42.5 Å². The largest absolute Gasteiger partial charge is 0.482 e. The molecule has 3 aromatic rings. The summed E-state index contributed by atoms with van der Waals surface area (Å²) in [6.45, 7) is 5.44. The van der Waals surface area contributed by atoms with Crippen LogP contribution in [0.4, 0.5) is 13.2 Å². The van der Waals surface area contributed by atoms with Crippen LogP contribution in [-0.2, 0) is 22.1 Å². The normalized spacial score (nSPS) is 12.5. The van der Waals surface area contributed by atoms with Crippen molar-refractivity contribution in [3.05, 3.63) is 69.7 Å². The zero-order valence-electron chi connectivity index (χ0n) is 18.4. The highest BCUT2D eigenvalue weighted by molar-refractivity contribution is 7.15. The van der Waals surface area contributed by atoms with Crippen LogP contribution in [0.1, 0.15) is 40.3 Å². The van der Waals surface area contributed by atoms with Crippen molar-refractivity contribution in [3.63, 3.8) is 0 Å². The summed E-state index contributed by atoms with van der Waals surface area (Å²) >= 11 is 1.34. The van der Waals surface area contributed by atoms with Crippen LogP contribution in [0.5, 0.6) is 5.75 Å². The first-order valence-corrected chi connectivity index (χ1v) is 11.1. The number of rotatable bonds is 8. The lowest BCUT2D eigenvalue weighted by Gasteiger charge is -2.14. The number of carbonyl (C=O) groups is 1. The molecule has 0 aliphatic carbocycles. The third-order valence-electron chi connectivity index (χ3n) is 4.97. The van der Waals surface area contributed by atoms with E-state index in [0.717, 1.165) is 28.3 Å². The lowest BCUT2D eigenvalue weighted by molar-refractivity contribution is -0.145. The Balaban J connectivity index is 1.69. The highest BCUT2D eigenvalue weighted by atomic mass is 32.1. The summed E-state index contributed by atoms with van der Waals surface area (Å²) in [5, 5.41) is 11.3. The van der Waals surface area contributed by atoms with Gasteiger partial charge in [-0.05, 0) is 56.2 Å². The Morgan fingerprint density at radius 2 is 1.85 bits per heavy atom. The van der Waals surface area contributed by atoms with Crippen LogP contribution in [0, 0.1) is 13.8 Å². The second kappa shape index (κ2) is 10.4. The van der Waals surface area contributed by atoms with Gasteiger partial charge in [-0.1, -0.05) is 18.2 Å². The maximum Gasteiger partial charge on any atom is 0.416 e. The Labute approximate surface area is 193 Å². The van der Waals surface area contributed by atoms with Crippen LogP contribution >= 0.6 is 11.3 Å². The molecule has 0 aliphatic heterocycles. The third-order valence-corrected chi connectivity index (χ3v) is 6.19. The van der Waals surface area contributed by atoms with Gasteiger partial charge in [0.25, 0.3) is 0 Å². The van der Waals surface area contributed by atoms with Gasteiger partial charge in [-0.2, -0.15) is 13.2 Å². The molecule has 1 aromatic heterocycles. The van der Waals surface area contributed by atoms with E-state index in [1.165, 1.54) is 23.5 Å². The maximum atomic E-state index is 12.8. The molecule has 1 N–H and O–H groups in total. The quantitative estimate of drug-likeness (QED) is 0.422. The molecule has 0 saturated heterocycles. The zero-order valence-corrected chi connectivity index (χ0v) is 19.2. The summed E-state index contributed by atoms with van der Waals surface area (Å²) in [5.74, 6) is 0.0723. The van der Waals surface area contributed by atoms with Gasteiger partial charge in [-0.3, -0.25) is 0 Å². The van der Waals surface area contributed by atoms with Gasteiger partial charge in [-0.15, -0.1) is 11.3 Å². The highest BCUT2D eigenvalue weighted by Crippen LogP contribution is 2.34. The van der Waals surface area contributed by atoms with E-state index in [4.69, 9.17) is 9.47 Å². The molecule has 0 saturated carbocycles. The van der Waals surface area contributed by atoms with E-state index in [1.54, 1.807) is 25.1 Å². The number of benzene rings is 2. The smallest absolute Gasteiger partial charge is 0.416 e. The van der Waals surface area contributed by atoms with Gasteiger partial charge in [0.2, 0.25) is 0 Å². The van der Waals surface area contributed by atoms with Crippen molar-refractivity contribution >= 4 is 17.3 Å². The summed E-state index contributed by atoms with van der Waals surface area (Å²) in [5.41, 5.74) is 2.05. The van der Waals surface area contributed by atoms with E-state index < -0.39 is 23.8 Å². The SMILES string of the molecule is CCOC(=O)COc1ccc(C(O)Cc2sc(-c3ccc(C(F)(F)F)cc3)nc2C)cc1C. The molecule has 1 heterocycles. The number of aliphatic hydroxyl groups excluding tert-OH is 1. The van der Waals surface area contributed by atoms with Gasteiger partial charge in [0.15, 0.2) is 6.61 Å². The molecule has 0 aliphatic rings. The van der Waals surface area contributed by atoms with Crippen molar-refractivity contribution in [2.75, 3.05) is 13.2 Å². The van der Waals surface area contributed by atoms with E-state index in [0.29, 0.717) is 28.3 Å². The number of nitrogens with zero attached hydrogens (tertiary/aromatic N) is 1. The summed E-state index contributed by atoms with van der Waals surface area (Å²) in [4.78, 5) is 16.8. The number of aromatic nitrogens is 1. The van der Waals surface area contributed by atoms with Crippen molar-refractivity contribution in [2.24, 2.45) is 0 Å². The third kappa shape index (κ3) is 6.33. The number of thiazole rings is 1. The van der Waals surface area contributed by atoms with E-state index in [-0.39, 0.29) is 13.2 Å². The van der Waals surface area contributed by atoms with Gasteiger partial charge in [0.05, 0.1) is 24.0 Å². The number of halogens is 3. The number of esters is 1. The van der Waals surface area contributed by atoms with Gasteiger partial charge >= 0.3 is 12.1 Å². The molecule has 0 radical (unpaired) electrons. The molecule has 2 aromatic carbocycles. The fourth-order valence-electron chi connectivity index (χ4n) is 3.22. The average molecular weight is 480 g/mol. The predicted octanol–water partition coefficient (Wildman–Crippen LogP) is 5.66. The number of hydrogen-bond donors (Lipinski definition) is 1. The maximum absolute atomic E-state index is 12.8. The molecule has 1 unspecified atom stereocenters. The first-order chi connectivity index (χ1) is 15.6. The molecular formula is C24H24F3NO4S. The molecule has 0 spiro atoms. The molecule has 176 valence electrons. The van der Waals surface area contributed by atoms with Crippen LogP contribution in [0.25, 0.3) is 10.6 Å². The van der Waals surface area contributed by atoms with Gasteiger partial charge in [-0.25, -0.2) is 9.78 Å². The zero-order chi connectivity index (χ0) is 24.2. The summed E-state index contributed by atoms with van der Waals surface area (Å²) < 4.78 is 48.7. The molecule has 0 amide bonds. The number of ether oxygens (including phenoxy) is 2. The Hall–Kier alpha value is -2.91. The van der Waals surface area contributed by atoms with Gasteiger partial charge < -0.3 is 14.6 Å². The van der Waals surface area contributed by atoms with Crippen LogP contribution in [0.3, 0.4) is 0 Å². The number of aliphatic hydroxyl groups is 1. The van der Waals surface area contributed by atoms with Crippen molar-refractivity contribution in [2.45, 2.75) is 39.5 Å². The molecule has 9 heteroatoms. The summed E-state index contributed by atoms with van der Waals surface area (Å²) in [6.07, 6.45) is -4.88. The molecule has 5 nitrogen and oxygen atoms in total. The molecule has 33 heavy (non-hydrogen) atoms. The topological polar surface area (TPSA) is 68.7 Å². The number of carbonyl (C=O) groups excluding carboxylic acids is 1. The second-order valence-electron chi connectivity index (χ2n) is 7.44. The molecule has 1 atom stereocenters. The molecular weight excluding hydrogens is 455 g/mol. The molecule has 3 rings (SSSR count). The minimum Gasteiger partial charge on any atom is -0.482 e. The fourth-order valence-corrected chi connectivity index (χ4v) is 4.32. The van der Waals surface area contributed by atoms with Crippen LogP contribution in [-0.4, -0.2) is 29.3 Å². The fraction of sp³-hybridized carbons (Fsp3) is 0.333. The molecule has 0 bridgehead atoms. The van der Waals surface area contributed by atoms with E-state index >= 15 is 0 Å². The van der Waals surface area contributed by atoms with Gasteiger partial charge in [0, 0.05) is 16.9 Å². The first kappa shape index (κ1) is 24.7. The summed E-state index contributed by atoms with van der Waals surface area (Å²) in [7, 11) is 0. The second-order valence-corrected chi connectivity index (χ2v) is 8.52. The Kier molecular flexibility index (Phi) is 7.76. The number of hydrogen-bond acceptors (Lipinski definition) is 6. The minimum atomic E-state index is -4.38. The first-order valence-electron chi connectivity index (χ1n) is 10.3. The Bertz CT molecular complexity index is 1110.